The van der Waals surface area contributed by atoms with E-state index in [9.17, 15) is 29.1 Å². The van der Waals surface area contributed by atoms with E-state index < -0.39 is 53.8 Å². The molecule has 0 spiro atoms. The summed E-state index contributed by atoms with van der Waals surface area (Å²) in [7, 11) is 0. The second kappa shape index (κ2) is 18.7. The van der Waals surface area contributed by atoms with Crippen molar-refractivity contribution in [3.63, 3.8) is 0 Å². The highest BCUT2D eigenvalue weighted by Crippen LogP contribution is 2.08. The van der Waals surface area contributed by atoms with Crippen molar-refractivity contribution in [1.82, 2.24) is 16.0 Å². The van der Waals surface area contributed by atoms with E-state index in [-0.39, 0.29) is 25.7 Å². The zero-order chi connectivity index (χ0) is 29.2. The van der Waals surface area contributed by atoms with Gasteiger partial charge in [0.2, 0.25) is 23.6 Å². The second-order valence-electron chi connectivity index (χ2n) is 9.39. The van der Waals surface area contributed by atoms with E-state index in [1.807, 2.05) is 6.07 Å². The molecular formula is C26H43N7O6. The van der Waals surface area contributed by atoms with Crippen molar-refractivity contribution in [3.8, 4) is 0 Å². The van der Waals surface area contributed by atoms with Crippen molar-refractivity contribution in [2.24, 2.45) is 22.9 Å². The van der Waals surface area contributed by atoms with Crippen LogP contribution in [0.15, 0.2) is 30.3 Å². The standard InChI is InChI=1S/C26H43N7O6/c27-14-6-4-10-18(29)23(35)33-21(16-17-8-2-1-3-9-17)25(37)31-19(11-5-7-15-28)24(36)32-20(26(38)39)12-13-22(30)34/h1-3,8-9,18-21H,4-7,10-16,27-29H2,(H2,30,34)(H,31,37)(H,32,36)(H,33,35)(H,38,39). The number of carbonyl (C=O) groups excluding carboxylic acids is 4. The number of benzene rings is 1. The molecule has 0 heterocycles. The molecule has 1 aromatic rings. The quantitative estimate of drug-likeness (QED) is 0.0891. The molecule has 39 heavy (non-hydrogen) atoms. The first-order valence-electron chi connectivity index (χ1n) is 13.2. The smallest absolute Gasteiger partial charge is 0.326 e. The van der Waals surface area contributed by atoms with Crippen molar-refractivity contribution in [3.05, 3.63) is 35.9 Å². The molecule has 0 aliphatic carbocycles. The van der Waals surface area contributed by atoms with Crippen LogP contribution < -0.4 is 38.9 Å². The molecular weight excluding hydrogens is 506 g/mol. The van der Waals surface area contributed by atoms with E-state index in [1.54, 1.807) is 24.3 Å². The Morgan fingerprint density at radius 2 is 1.26 bits per heavy atom. The van der Waals surface area contributed by atoms with Crippen LogP contribution in [0.3, 0.4) is 0 Å². The van der Waals surface area contributed by atoms with Gasteiger partial charge in [0.15, 0.2) is 0 Å². The summed E-state index contributed by atoms with van der Waals surface area (Å²) in [6, 6.07) is 4.66. The maximum absolute atomic E-state index is 13.4. The minimum Gasteiger partial charge on any atom is -0.480 e. The maximum Gasteiger partial charge on any atom is 0.326 e. The molecule has 0 fully saturated rings. The number of hydrogen-bond donors (Lipinski definition) is 8. The van der Waals surface area contributed by atoms with Gasteiger partial charge in [-0.25, -0.2) is 4.79 Å². The van der Waals surface area contributed by atoms with Gasteiger partial charge in [-0.2, -0.15) is 0 Å². The van der Waals surface area contributed by atoms with Gasteiger partial charge >= 0.3 is 5.97 Å². The van der Waals surface area contributed by atoms with Gasteiger partial charge in [-0.05, 0) is 57.2 Å². The number of unbranched alkanes of at least 4 members (excludes halogenated alkanes) is 2. The zero-order valence-electron chi connectivity index (χ0n) is 22.3. The number of carboxylic acids is 1. The summed E-state index contributed by atoms with van der Waals surface area (Å²) >= 11 is 0. The van der Waals surface area contributed by atoms with Crippen LogP contribution >= 0.6 is 0 Å². The molecule has 0 aliphatic rings. The predicted molar refractivity (Wildman–Crippen MR) is 146 cm³/mol. The Labute approximate surface area is 228 Å². The largest absolute Gasteiger partial charge is 0.480 e. The molecule has 13 nitrogen and oxygen atoms in total. The summed E-state index contributed by atoms with van der Waals surface area (Å²) in [6.45, 7) is 0.847. The summed E-state index contributed by atoms with van der Waals surface area (Å²) in [5.41, 5.74) is 23.0. The minimum atomic E-state index is -1.37. The van der Waals surface area contributed by atoms with Gasteiger partial charge in [-0.15, -0.1) is 0 Å². The Kier molecular flexibility index (Phi) is 16.0. The number of hydrogen-bond acceptors (Lipinski definition) is 8. The molecule has 12 N–H and O–H groups in total. The highest BCUT2D eigenvalue weighted by Gasteiger charge is 2.30. The third-order valence-corrected chi connectivity index (χ3v) is 6.10. The van der Waals surface area contributed by atoms with E-state index in [4.69, 9.17) is 22.9 Å². The SMILES string of the molecule is NCCCCC(N)C(=O)NC(Cc1ccccc1)C(=O)NC(CCCCN)C(=O)NC(CCC(N)=O)C(=O)O. The molecule has 1 aromatic carbocycles. The van der Waals surface area contributed by atoms with Crippen LogP contribution in [0.1, 0.15) is 56.9 Å². The third-order valence-electron chi connectivity index (χ3n) is 6.10. The lowest BCUT2D eigenvalue weighted by molar-refractivity contribution is -0.142. The van der Waals surface area contributed by atoms with Gasteiger partial charge in [0.1, 0.15) is 18.1 Å². The fraction of sp³-hybridized carbons (Fsp3) is 0.577. The zero-order valence-corrected chi connectivity index (χ0v) is 22.3. The number of primary amides is 1. The number of carbonyl (C=O) groups is 5. The molecule has 0 aromatic heterocycles. The molecule has 218 valence electrons. The van der Waals surface area contributed by atoms with Gasteiger partial charge in [-0.3, -0.25) is 19.2 Å². The maximum atomic E-state index is 13.4. The number of carboxylic acid groups (broad SMARTS) is 1. The normalized spacial score (nSPS) is 13.9. The Bertz CT molecular complexity index is 931. The average molecular weight is 550 g/mol. The summed E-state index contributed by atoms with van der Waals surface area (Å²) in [6.07, 6.45) is 2.71. The van der Waals surface area contributed by atoms with E-state index >= 15 is 0 Å². The average Bonchev–Trinajstić information content (AvgIpc) is 2.90. The number of nitrogens with two attached hydrogens (primary N) is 4. The summed E-state index contributed by atoms with van der Waals surface area (Å²) in [5.74, 6) is -3.91. The Balaban J connectivity index is 3.06. The van der Waals surface area contributed by atoms with Gasteiger partial charge in [0, 0.05) is 12.8 Å². The van der Waals surface area contributed by atoms with Crippen LogP contribution in [0.2, 0.25) is 0 Å². The molecule has 0 bridgehead atoms. The topological polar surface area (TPSA) is 246 Å². The summed E-state index contributed by atoms with van der Waals surface area (Å²) in [4.78, 5) is 61.9. The molecule has 0 aliphatic heterocycles. The van der Waals surface area contributed by atoms with Crippen molar-refractivity contribution >= 4 is 29.6 Å². The molecule has 4 amide bonds. The van der Waals surface area contributed by atoms with Crippen LogP contribution in [0.5, 0.6) is 0 Å². The Morgan fingerprint density at radius 1 is 0.718 bits per heavy atom. The Morgan fingerprint density at radius 3 is 1.82 bits per heavy atom. The lowest BCUT2D eigenvalue weighted by Crippen LogP contribution is -2.57. The lowest BCUT2D eigenvalue weighted by Gasteiger charge is -2.25. The molecule has 1 rings (SSSR count). The third kappa shape index (κ3) is 13.7. The highest BCUT2D eigenvalue weighted by molar-refractivity contribution is 5.94. The van der Waals surface area contributed by atoms with Gasteiger partial charge < -0.3 is 44.0 Å². The van der Waals surface area contributed by atoms with E-state index in [0.717, 1.165) is 5.56 Å². The number of amides is 4. The first-order valence-corrected chi connectivity index (χ1v) is 13.2. The summed E-state index contributed by atoms with van der Waals surface area (Å²) < 4.78 is 0. The molecule has 0 saturated carbocycles. The number of aliphatic carboxylic acids is 1. The molecule has 13 heteroatoms. The van der Waals surface area contributed by atoms with E-state index in [1.165, 1.54) is 0 Å². The Hall–Kier alpha value is -3.55. The van der Waals surface area contributed by atoms with E-state index in [0.29, 0.717) is 45.2 Å². The van der Waals surface area contributed by atoms with Crippen LogP contribution in [-0.4, -0.2) is 72.0 Å². The first-order chi connectivity index (χ1) is 18.6. The number of rotatable bonds is 20. The molecule has 4 unspecified atom stereocenters. The van der Waals surface area contributed by atoms with Crippen molar-refractivity contribution in [2.75, 3.05) is 13.1 Å². The molecule has 4 atom stereocenters. The van der Waals surface area contributed by atoms with Crippen LogP contribution in [0.25, 0.3) is 0 Å². The van der Waals surface area contributed by atoms with Gasteiger partial charge in [0.25, 0.3) is 0 Å². The van der Waals surface area contributed by atoms with Crippen LogP contribution in [0, 0.1) is 0 Å². The molecule has 0 radical (unpaired) electrons. The van der Waals surface area contributed by atoms with Crippen molar-refractivity contribution < 1.29 is 29.1 Å². The fourth-order valence-corrected chi connectivity index (χ4v) is 3.83. The van der Waals surface area contributed by atoms with E-state index in [2.05, 4.69) is 16.0 Å². The number of nitrogens with one attached hydrogen (secondary N) is 3. The van der Waals surface area contributed by atoms with Crippen molar-refractivity contribution in [2.45, 2.75) is 82.0 Å². The lowest BCUT2D eigenvalue weighted by atomic mass is 10.0. The van der Waals surface area contributed by atoms with Crippen molar-refractivity contribution in [1.29, 1.82) is 0 Å². The fourth-order valence-electron chi connectivity index (χ4n) is 3.83. The van der Waals surface area contributed by atoms with Crippen LogP contribution in [-0.2, 0) is 30.4 Å². The minimum absolute atomic E-state index is 0.140. The highest BCUT2D eigenvalue weighted by atomic mass is 16.4. The summed E-state index contributed by atoms with van der Waals surface area (Å²) in [5, 5.41) is 17.2. The van der Waals surface area contributed by atoms with Crippen LogP contribution in [0.4, 0.5) is 0 Å². The monoisotopic (exact) mass is 549 g/mol. The first kappa shape index (κ1) is 33.5. The molecule has 0 saturated heterocycles. The predicted octanol–water partition coefficient (Wildman–Crippen LogP) is -1.38. The second-order valence-corrected chi connectivity index (χ2v) is 9.39. The van der Waals surface area contributed by atoms with Gasteiger partial charge in [-0.1, -0.05) is 36.8 Å². The van der Waals surface area contributed by atoms with Gasteiger partial charge in [0.05, 0.1) is 6.04 Å².